The van der Waals surface area contributed by atoms with Gasteiger partial charge in [0.05, 0.1) is 12.2 Å². The van der Waals surface area contributed by atoms with Crippen LogP contribution in [-0.4, -0.2) is 59.1 Å². The van der Waals surface area contributed by atoms with Gasteiger partial charge in [0.15, 0.2) is 0 Å². The Morgan fingerprint density at radius 2 is 1.03 bits per heavy atom. The number of rotatable bonds is 14. The zero-order valence-corrected chi connectivity index (χ0v) is 22.2. The summed E-state index contributed by atoms with van der Waals surface area (Å²) < 4.78 is 9.92. The minimum absolute atomic E-state index is 0.0532. The van der Waals surface area contributed by atoms with Gasteiger partial charge in [0.25, 0.3) is 0 Å². The van der Waals surface area contributed by atoms with E-state index in [-0.39, 0.29) is 13.2 Å². The minimum atomic E-state index is -0.749. The Kier molecular flexibility index (Phi) is 12.5. The molecule has 0 radical (unpaired) electrons. The summed E-state index contributed by atoms with van der Waals surface area (Å²) in [7, 11) is 0. The van der Waals surface area contributed by atoms with Gasteiger partial charge in [-0.3, -0.25) is 0 Å². The summed E-state index contributed by atoms with van der Waals surface area (Å²) in [6.45, 7) is 10.0. The largest absolute Gasteiger partial charge is 0.460 e. The first-order chi connectivity index (χ1) is 16.6. The van der Waals surface area contributed by atoms with E-state index in [0.29, 0.717) is 22.7 Å². The Morgan fingerprint density at radius 1 is 0.714 bits per heavy atom. The molecule has 0 saturated carbocycles. The lowest BCUT2D eigenvalue weighted by Gasteiger charge is -2.11. The quantitative estimate of drug-likeness (QED) is 0.198. The molecule has 2 unspecified atom stereocenters. The molecule has 6 nitrogen and oxygen atoms in total. The van der Waals surface area contributed by atoms with Gasteiger partial charge in [-0.2, -0.15) is 0 Å². The maximum atomic E-state index is 11.4. The van der Waals surface area contributed by atoms with Gasteiger partial charge < -0.3 is 19.7 Å². The van der Waals surface area contributed by atoms with Crippen LogP contribution in [0.5, 0.6) is 0 Å². The molecule has 2 aromatic rings. The van der Waals surface area contributed by atoms with Crippen molar-refractivity contribution in [3.63, 3.8) is 0 Å². The van der Waals surface area contributed by atoms with Crippen molar-refractivity contribution >= 4 is 47.2 Å². The number of esters is 2. The Hall–Kier alpha value is -2.17. The van der Waals surface area contributed by atoms with Gasteiger partial charge in [-0.05, 0) is 62.4 Å². The van der Waals surface area contributed by atoms with Gasteiger partial charge in [-0.15, -0.1) is 23.5 Å². The molecule has 0 spiro atoms. The lowest BCUT2D eigenvalue weighted by molar-refractivity contribution is -0.142. The second-order valence-corrected chi connectivity index (χ2v) is 11.1. The summed E-state index contributed by atoms with van der Waals surface area (Å²) in [5, 5.41) is 20.0. The van der Waals surface area contributed by atoms with E-state index in [2.05, 4.69) is 13.2 Å². The van der Waals surface area contributed by atoms with Crippen molar-refractivity contribution in [3.8, 4) is 0 Å². The normalized spacial score (nSPS) is 12.5. The fourth-order valence-corrected chi connectivity index (χ4v) is 4.85. The Bertz CT molecular complexity index is 923. The molecule has 35 heavy (non-hydrogen) atoms. The number of carbonyl (C=O) groups is 2. The molecule has 2 aromatic carbocycles. The molecule has 188 valence electrons. The minimum Gasteiger partial charge on any atom is -0.460 e. The molecule has 0 aliphatic rings. The lowest BCUT2D eigenvalue weighted by Crippen LogP contribution is -2.21. The van der Waals surface area contributed by atoms with Crippen molar-refractivity contribution < 1.29 is 29.3 Å². The molecule has 9 heteroatoms. The van der Waals surface area contributed by atoms with E-state index in [9.17, 15) is 19.8 Å². The predicted molar refractivity (Wildman–Crippen MR) is 142 cm³/mol. The molecule has 2 rings (SSSR count). The highest BCUT2D eigenvalue weighted by molar-refractivity contribution is 8.00. The first kappa shape index (κ1) is 29.1. The monoisotopic (exact) mass is 534 g/mol. The summed E-state index contributed by atoms with van der Waals surface area (Å²) >= 11 is 4.62. The maximum absolute atomic E-state index is 11.4. The van der Waals surface area contributed by atoms with E-state index < -0.39 is 24.1 Å². The molecule has 0 amide bonds. The van der Waals surface area contributed by atoms with Crippen LogP contribution in [0.2, 0.25) is 0 Å². The Morgan fingerprint density at radius 3 is 1.34 bits per heavy atom. The van der Waals surface area contributed by atoms with Crippen LogP contribution in [0.15, 0.2) is 92.4 Å². The van der Waals surface area contributed by atoms with Gasteiger partial charge in [-0.25, -0.2) is 9.59 Å². The van der Waals surface area contributed by atoms with Crippen molar-refractivity contribution in [1.82, 2.24) is 0 Å². The lowest BCUT2D eigenvalue weighted by atomic mass is 10.3. The van der Waals surface area contributed by atoms with Crippen molar-refractivity contribution in [2.45, 2.75) is 45.6 Å². The zero-order valence-electron chi connectivity index (χ0n) is 19.8. The first-order valence-electron chi connectivity index (χ1n) is 10.8. The molecule has 0 bridgehead atoms. The van der Waals surface area contributed by atoms with E-state index in [4.69, 9.17) is 9.47 Å². The number of aliphatic hydroxyl groups is 2. The van der Waals surface area contributed by atoms with Crippen LogP contribution in [0.25, 0.3) is 0 Å². The van der Waals surface area contributed by atoms with Crippen LogP contribution >= 0.6 is 35.3 Å². The van der Waals surface area contributed by atoms with E-state index in [1.54, 1.807) is 25.6 Å². The number of ether oxygens (including phenoxy) is 2. The highest BCUT2D eigenvalue weighted by Gasteiger charge is 2.11. The van der Waals surface area contributed by atoms with Gasteiger partial charge in [0, 0.05) is 42.2 Å². The number of thioether (sulfide) groups is 2. The summed E-state index contributed by atoms with van der Waals surface area (Å²) in [5.41, 5.74) is 0.618. The fraction of sp³-hybridized carbons (Fsp3) is 0.308. The van der Waals surface area contributed by atoms with Crippen LogP contribution in [0.1, 0.15) is 13.8 Å². The summed E-state index contributed by atoms with van der Waals surface area (Å²) in [6, 6.07) is 16.0. The number of hydrogen-bond acceptors (Lipinski definition) is 9. The van der Waals surface area contributed by atoms with E-state index in [1.165, 1.54) is 23.5 Å². The summed E-state index contributed by atoms with van der Waals surface area (Å²) in [5.74, 6) is -0.164. The number of hydrogen-bond donors (Lipinski definition) is 2. The highest BCUT2D eigenvalue weighted by Crippen LogP contribution is 2.31. The number of benzene rings is 2. The van der Waals surface area contributed by atoms with Crippen molar-refractivity contribution in [1.29, 1.82) is 0 Å². The van der Waals surface area contributed by atoms with Gasteiger partial charge in [-0.1, -0.05) is 24.9 Å². The van der Waals surface area contributed by atoms with Crippen molar-refractivity contribution in [3.05, 3.63) is 72.8 Å². The second kappa shape index (κ2) is 15.1. The Labute approximate surface area is 219 Å². The van der Waals surface area contributed by atoms with Crippen LogP contribution in [0, 0.1) is 0 Å². The van der Waals surface area contributed by atoms with Crippen LogP contribution in [0.4, 0.5) is 0 Å². The third-order valence-corrected chi connectivity index (χ3v) is 7.61. The van der Waals surface area contributed by atoms with Crippen molar-refractivity contribution in [2.24, 2.45) is 0 Å². The molecule has 0 saturated heterocycles. The van der Waals surface area contributed by atoms with Crippen molar-refractivity contribution in [2.75, 3.05) is 24.7 Å². The topological polar surface area (TPSA) is 93.1 Å². The van der Waals surface area contributed by atoms with Crippen LogP contribution in [0.3, 0.4) is 0 Å². The molecule has 0 aromatic heterocycles. The van der Waals surface area contributed by atoms with Gasteiger partial charge >= 0.3 is 11.9 Å². The van der Waals surface area contributed by atoms with Gasteiger partial charge in [0.2, 0.25) is 0 Å². The molecule has 0 heterocycles. The second-order valence-electron chi connectivity index (χ2n) is 7.73. The fourth-order valence-electron chi connectivity index (χ4n) is 2.42. The average Bonchev–Trinajstić information content (AvgIpc) is 2.84. The number of aliphatic hydroxyl groups excluding tert-OH is 2. The third kappa shape index (κ3) is 11.4. The van der Waals surface area contributed by atoms with Crippen LogP contribution in [-0.2, 0) is 19.1 Å². The predicted octanol–water partition coefficient (Wildman–Crippen LogP) is 4.98. The molecular weight excluding hydrogens is 504 g/mol. The SMILES string of the molecule is C=C(C)C(=O)OCC(O)CSc1ccc(Sc2ccc(SCC(O)COC(=O)C(=C)C)cc2)cc1. The van der Waals surface area contributed by atoms with E-state index in [0.717, 1.165) is 19.6 Å². The van der Waals surface area contributed by atoms with Crippen LogP contribution < -0.4 is 0 Å². The zero-order chi connectivity index (χ0) is 25.8. The highest BCUT2D eigenvalue weighted by atomic mass is 32.2. The first-order valence-corrected chi connectivity index (χ1v) is 13.6. The molecule has 2 N–H and O–H groups in total. The number of carbonyl (C=O) groups excluding carboxylic acids is 2. The maximum Gasteiger partial charge on any atom is 0.333 e. The van der Waals surface area contributed by atoms with E-state index >= 15 is 0 Å². The molecule has 2 atom stereocenters. The molecule has 0 aliphatic carbocycles. The smallest absolute Gasteiger partial charge is 0.333 e. The molecule has 0 aliphatic heterocycles. The third-order valence-electron chi connectivity index (χ3n) is 4.28. The standard InChI is InChI=1S/C26H30O6S3/c1-17(2)25(29)31-13-19(27)15-33-21-5-9-23(10-6-21)35-24-11-7-22(8-12-24)34-16-20(28)14-32-26(30)18(3)4/h5-12,19-20,27-28H,1,3,13-16H2,2,4H3. The summed E-state index contributed by atoms with van der Waals surface area (Å²) in [6.07, 6.45) is -1.50. The average molecular weight is 535 g/mol. The van der Waals surface area contributed by atoms with E-state index in [1.807, 2.05) is 48.5 Å². The molecule has 0 fully saturated rings. The van der Waals surface area contributed by atoms with Gasteiger partial charge in [0.1, 0.15) is 13.2 Å². The summed E-state index contributed by atoms with van der Waals surface area (Å²) in [4.78, 5) is 27.0. The molecular formula is C26H30O6S3. The Balaban J connectivity index is 1.74.